The average Bonchev–Trinajstić information content (AvgIpc) is 2.56. The Morgan fingerprint density at radius 3 is 2.15 bits per heavy atom. The highest BCUT2D eigenvalue weighted by atomic mass is 35.5. The fourth-order valence-corrected chi connectivity index (χ4v) is 3.96. The monoisotopic (exact) mass is 395 g/mol. The fraction of sp³-hybridized carbons (Fsp3) is 0.316. The zero-order valence-corrected chi connectivity index (χ0v) is 16.5. The van der Waals surface area contributed by atoms with Crippen LogP contribution in [0.4, 0.5) is 5.69 Å². The number of carbonyl (C=O) groups is 1. The summed E-state index contributed by atoms with van der Waals surface area (Å²) < 4.78 is 32.5. The van der Waals surface area contributed by atoms with Gasteiger partial charge in [-0.25, -0.2) is 12.7 Å². The van der Waals surface area contributed by atoms with Crippen molar-refractivity contribution in [1.82, 2.24) is 0 Å². The van der Waals surface area contributed by atoms with Gasteiger partial charge in [0, 0.05) is 11.4 Å². The van der Waals surface area contributed by atoms with Gasteiger partial charge < -0.3 is 4.74 Å². The number of ether oxygens (including phenoxy) is 1. The van der Waals surface area contributed by atoms with Crippen molar-refractivity contribution < 1.29 is 17.9 Å². The van der Waals surface area contributed by atoms with Gasteiger partial charge in [0.2, 0.25) is 5.91 Å². The van der Waals surface area contributed by atoms with E-state index in [1.807, 2.05) is 20.8 Å². The normalized spacial score (nSPS) is 11.4. The molecule has 0 saturated heterocycles. The van der Waals surface area contributed by atoms with Crippen LogP contribution in [0, 0.1) is 5.92 Å². The highest BCUT2D eigenvalue weighted by Gasteiger charge is 2.31. The summed E-state index contributed by atoms with van der Waals surface area (Å²) in [6, 6.07) is 12.2. The zero-order valence-electron chi connectivity index (χ0n) is 15.0. The minimum Gasteiger partial charge on any atom is -0.494 e. The summed E-state index contributed by atoms with van der Waals surface area (Å²) in [6.45, 7) is 6.09. The van der Waals surface area contributed by atoms with Crippen LogP contribution in [-0.2, 0) is 14.8 Å². The van der Waals surface area contributed by atoms with Gasteiger partial charge in [0.15, 0.2) is 0 Å². The molecule has 0 aliphatic rings. The molecule has 0 atom stereocenters. The molecule has 7 heteroatoms. The van der Waals surface area contributed by atoms with Crippen molar-refractivity contribution in [3.63, 3.8) is 0 Å². The maximum Gasteiger partial charge on any atom is 0.270 e. The number of anilines is 1. The molecule has 0 spiro atoms. The lowest BCUT2D eigenvalue weighted by molar-refractivity contribution is -0.118. The van der Waals surface area contributed by atoms with E-state index in [0.29, 0.717) is 17.4 Å². The molecule has 2 aromatic carbocycles. The Morgan fingerprint density at radius 1 is 1.08 bits per heavy atom. The van der Waals surface area contributed by atoms with Crippen molar-refractivity contribution in [1.29, 1.82) is 0 Å². The van der Waals surface area contributed by atoms with Crippen molar-refractivity contribution in [2.75, 3.05) is 10.9 Å². The number of hydrogen-bond acceptors (Lipinski definition) is 4. The van der Waals surface area contributed by atoms with Crippen LogP contribution in [0.15, 0.2) is 53.4 Å². The van der Waals surface area contributed by atoms with E-state index in [4.69, 9.17) is 16.3 Å². The number of amides is 1. The molecule has 0 heterocycles. The first-order chi connectivity index (χ1) is 12.3. The Hall–Kier alpha value is -2.05. The SMILES string of the molecule is CCOc1ccc(N(C(=O)CC(C)C)S(=O)(=O)c2ccc(Cl)cc2)cc1. The third-order valence-electron chi connectivity index (χ3n) is 3.54. The van der Waals surface area contributed by atoms with Crippen molar-refractivity contribution in [2.45, 2.75) is 32.1 Å². The maximum atomic E-state index is 13.1. The molecule has 0 unspecified atom stereocenters. The van der Waals surface area contributed by atoms with Gasteiger partial charge in [-0.3, -0.25) is 4.79 Å². The predicted molar refractivity (Wildman–Crippen MR) is 103 cm³/mol. The Labute approximate surface area is 159 Å². The van der Waals surface area contributed by atoms with Gasteiger partial charge in [0.25, 0.3) is 10.0 Å². The van der Waals surface area contributed by atoms with Gasteiger partial charge in [-0.05, 0) is 61.4 Å². The van der Waals surface area contributed by atoms with Crippen LogP contribution in [-0.4, -0.2) is 20.9 Å². The Bertz CT molecular complexity index is 846. The van der Waals surface area contributed by atoms with Crippen LogP contribution in [0.25, 0.3) is 0 Å². The highest BCUT2D eigenvalue weighted by molar-refractivity contribution is 7.93. The summed E-state index contributed by atoms with van der Waals surface area (Å²) in [5.74, 6) is 0.142. The maximum absolute atomic E-state index is 13.1. The number of nitrogens with zero attached hydrogens (tertiary/aromatic N) is 1. The van der Waals surface area contributed by atoms with E-state index < -0.39 is 15.9 Å². The minimum atomic E-state index is -4.06. The third kappa shape index (κ3) is 4.77. The Morgan fingerprint density at radius 2 is 1.65 bits per heavy atom. The van der Waals surface area contributed by atoms with Gasteiger partial charge in [-0.2, -0.15) is 0 Å². The summed E-state index contributed by atoms with van der Waals surface area (Å²) in [7, 11) is -4.06. The van der Waals surface area contributed by atoms with Gasteiger partial charge in [0.1, 0.15) is 5.75 Å². The Kier molecular flexibility index (Phi) is 6.67. The molecule has 2 aromatic rings. The standard InChI is InChI=1S/C19H22ClNO4S/c1-4-25-17-9-7-16(8-10-17)21(19(22)13-14(2)3)26(23,24)18-11-5-15(20)6-12-18/h5-12,14H,4,13H2,1-3H3. The molecular weight excluding hydrogens is 374 g/mol. The van der Waals surface area contributed by atoms with Crippen molar-refractivity contribution in [2.24, 2.45) is 5.92 Å². The predicted octanol–water partition coefficient (Wildman–Crippen LogP) is 4.51. The topological polar surface area (TPSA) is 63.7 Å². The van der Waals surface area contributed by atoms with Gasteiger partial charge in [-0.1, -0.05) is 25.4 Å². The number of benzene rings is 2. The smallest absolute Gasteiger partial charge is 0.270 e. The number of carbonyl (C=O) groups excluding carboxylic acids is 1. The van der Waals surface area contributed by atoms with E-state index in [1.165, 1.54) is 24.3 Å². The molecule has 0 fully saturated rings. The molecule has 1 amide bonds. The van der Waals surface area contributed by atoms with E-state index in [9.17, 15) is 13.2 Å². The number of sulfonamides is 1. The van der Waals surface area contributed by atoms with Gasteiger partial charge in [0.05, 0.1) is 17.2 Å². The average molecular weight is 396 g/mol. The summed E-state index contributed by atoms with van der Waals surface area (Å²) in [4.78, 5) is 12.7. The molecule has 0 radical (unpaired) electrons. The summed E-state index contributed by atoms with van der Waals surface area (Å²) in [5, 5.41) is 0.421. The molecule has 140 valence electrons. The molecule has 0 aliphatic heterocycles. The van der Waals surface area contributed by atoms with E-state index in [2.05, 4.69) is 0 Å². The van der Waals surface area contributed by atoms with Crippen molar-refractivity contribution in [3.8, 4) is 5.75 Å². The molecule has 26 heavy (non-hydrogen) atoms. The lowest BCUT2D eigenvalue weighted by Gasteiger charge is -2.23. The quantitative estimate of drug-likeness (QED) is 0.692. The van der Waals surface area contributed by atoms with Crippen LogP contribution in [0.3, 0.4) is 0 Å². The molecular formula is C19H22ClNO4S. The number of hydrogen-bond donors (Lipinski definition) is 0. The Balaban J connectivity index is 2.49. The molecule has 2 rings (SSSR count). The first kappa shape index (κ1) is 20.3. The molecule has 0 aromatic heterocycles. The summed E-state index contributed by atoms with van der Waals surface area (Å²) >= 11 is 5.85. The molecule has 0 N–H and O–H groups in total. The fourth-order valence-electron chi connectivity index (χ4n) is 2.41. The summed E-state index contributed by atoms with van der Waals surface area (Å²) in [6.07, 6.45) is 0.111. The largest absolute Gasteiger partial charge is 0.494 e. The molecule has 5 nitrogen and oxygen atoms in total. The van der Waals surface area contributed by atoms with Crippen LogP contribution in [0.2, 0.25) is 5.02 Å². The highest BCUT2D eigenvalue weighted by Crippen LogP contribution is 2.28. The number of halogens is 1. The first-order valence-corrected chi connectivity index (χ1v) is 10.1. The second-order valence-electron chi connectivity index (χ2n) is 6.14. The van der Waals surface area contributed by atoms with E-state index in [-0.39, 0.29) is 22.9 Å². The van der Waals surface area contributed by atoms with Gasteiger partial charge >= 0.3 is 0 Å². The molecule has 0 saturated carbocycles. The zero-order chi connectivity index (χ0) is 19.3. The van der Waals surface area contributed by atoms with Gasteiger partial charge in [-0.15, -0.1) is 0 Å². The van der Waals surface area contributed by atoms with Crippen molar-refractivity contribution in [3.05, 3.63) is 53.6 Å². The second-order valence-corrected chi connectivity index (χ2v) is 8.37. The van der Waals surface area contributed by atoms with Crippen LogP contribution in [0.5, 0.6) is 5.75 Å². The number of rotatable bonds is 7. The van der Waals surface area contributed by atoms with Crippen LogP contribution in [0.1, 0.15) is 27.2 Å². The third-order valence-corrected chi connectivity index (χ3v) is 5.56. The van der Waals surface area contributed by atoms with Crippen molar-refractivity contribution >= 4 is 33.2 Å². The van der Waals surface area contributed by atoms with Crippen LogP contribution < -0.4 is 9.04 Å². The first-order valence-electron chi connectivity index (χ1n) is 8.32. The second kappa shape index (κ2) is 8.56. The van der Waals surface area contributed by atoms with Crippen LogP contribution >= 0.6 is 11.6 Å². The lowest BCUT2D eigenvalue weighted by atomic mass is 10.1. The lowest BCUT2D eigenvalue weighted by Crippen LogP contribution is -2.37. The molecule has 0 bridgehead atoms. The summed E-state index contributed by atoms with van der Waals surface area (Å²) in [5.41, 5.74) is 0.272. The van der Waals surface area contributed by atoms with E-state index >= 15 is 0 Å². The van der Waals surface area contributed by atoms with E-state index in [0.717, 1.165) is 4.31 Å². The van der Waals surface area contributed by atoms with E-state index in [1.54, 1.807) is 24.3 Å². The molecule has 0 aliphatic carbocycles. The minimum absolute atomic E-state index is 0.00731.